The van der Waals surface area contributed by atoms with E-state index in [-0.39, 0.29) is 24.0 Å². The summed E-state index contributed by atoms with van der Waals surface area (Å²) in [6.07, 6.45) is 1.80. The summed E-state index contributed by atoms with van der Waals surface area (Å²) in [5, 5.41) is 4.08. The molecule has 1 N–H and O–H groups in total. The number of amides is 1. The first kappa shape index (κ1) is 14.8. The van der Waals surface area contributed by atoms with Crippen molar-refractivity contribution in [2.75, 3.05) is 11.1 Å². The predicted octanol–water partition coefficient (Wildman–Crippen LogP) is 2.70. The van der Waals surface area contributed by atoms with Crippen molar-refractivity contribution in [2.24, 2.45) is 5.92 Å². The second-order valence-corrected chi connectivity index (χ2v) is 7.34. The Bertz CT molecular complexity index is 632. The number of carbonyl (C=O) groups is 1. The number of benzene rings is 1. The molecule has 2 rings (SSSR count). The first-order valence-electron chi connectivity index (χ1n) is 6.67. The molecule has 0 radical (unpaired) electrons. The summed E-state index contributed by atoms with van der Waals surface area (Å²) in [6.45, 7) is 4.13. The lowest BCUT2D eigenvalue weighted by Crippen LogP contribution is -2.18. The number of para-hydroxylation sites is 1. The van der Waals surface area contributed by atoms with Gasteiger partial charge in [0, 0.05) is 23.4 Å². The zero-order chi connectivity index (χ0) is 14.8. The van der Waals surface area contributed by atoms with Gasteiger partial charge in [0.15, 0.2) is 9.84 Å². The molecule has 20 heavy (non-hydrogen) atoms. The van der Waals surface area contributed by atoms with Crippen LogP contribution in [0.15, 0.2) is 35.7 Å². The van der Waals surface area contributed by atoms with Gasteiger partial charge in [0.1, 0.15) is 0 Å². The van der Waals surface area contributed by atoms with E-state index in [1.807, 2.05) is 24.3 Å². The number of anilines is 1. The van der Waals surface area contributed by atoms with Crippen LogP contribution in [-0.4, -0.2) is 20.1 Å². The zero-order valence-electron chi connectivity index (χ0n) is 11.7. The smallest absolute Gasteiger partial charge is 0.225 e. The van der Waals surface area contributed by atoms with Crippen molar-refractivity contribution >= 4 is 21.4 Å². The van der Waals surface area contributed by atoms with Crippen LogP contribution in [0.25, 0.3) is 0 Å². The van der Waals surface area contributed by atoms with Gasteiger partial charge in [0.05, 0.1) is 5.75 Å². The maximum absolute atomic E-state index is 12.0. The number of allylic oxidation sites excluding steroid dienone is 1. The lowest BCUT2D eigenvalue weighted by molar-refractivity contribution is -0.116. The quantitative estimate of drug-likeness (QED) is 0.928. The highest BCUT2D eigenvalue weighted by Crippen LogP contribution is 2.25. The third-order valence-electron chi connectivity index (χ3n) is 3.31. The maximum Gasteiger partial charge on any atom is 0.225 e. The van der Waals surface area contributed by atoms with E-state index in [9.17, 15) is 13.2 Å². The molecule has 1 aromatic carbocycles. The highest BCUT2D eigenvalue weighted by molar-refractivity contribution is 7.94. The summed E-state index contributed by atoms with van der Waals surface area (Å²) < 4.78 is 22.6. The molecular weight excluding hydrogens is 274 g/mol. The first-order chi connectivity index (χ1) is 9.37. The fourth-order valence-corrected chi connectivity index (χ4v) is 3.72. The Hall–Kier alpha value is -1.62. The van der Waals surface area contributed by atoms with Gasteiger partial charge < -0.3 is 5.32 Å². The average Bonchev–Trinajstić information content (AvgIpc) is 2.68. The van der Waals surface area contributed by atoms with Crippen molar-refractivity contribution in [3.05, 3.63) is 41.3 Å². The van der Waals surface area contributed by atoms with Gasteiger partial charge in [-0.05, 0) is 17.5 Å². The molecule has 1 unspecified atom stereocenters. The van der Waals surface area contributed by atoms with E-state index >= 15 is 0 Å². The molecular formula is C15H19NO3S. The van der Waals surface area contributed by atoms with Gasteiger partial charge in [-0.3, -0.25) is 4.79 Å². The molecule has 0 bridgehead atoms. The van der Waals surface area contributed by atoms with Crippen LogP contribution in [0.5, 0.6) is 0 Å². The molecule has 0 spiro atoms. The van der Waals surface area contributed by atoms with Gasteiger partial charge in [0.25, 0.3) is 0 Å². The highest BCUT2D eigenvalue weighted by Gasteiger charge is 2.24. The molecule has 1 heterocycles. The number of nitrogens with one attached hydrogen (secondary N) is 1. The van der Waals surface area contributed by atoms with Gasteiger partial charge >= 0.3 is 0 Å². The third-order valence-corrected chi connectivity index (χ3v) is 4.77. The van der Waals surface area contributed by atoms with Crippen LogP contribution >= 0.6 is 0 Å². The van der Waals surface area contributed by atoms with Gasteiger partial charge in [-0.1, -0.05) is 38.1 Å². The first-order valence-corrected chi connectivity index (χ1v) is 8.38. The number of carbonyl (C=O) groups excluding carboxylic acids is 1. The lowest BCUT2D eigenvalue weighted by Gasteiger charge is -2.14. The number of hydrogen-bond donors (Lipinski definition) is 1. The normalized spacial score (nSPS) is 20.2. The van der Waals surface area contributed by atoms with Gasteiger partial charge in [-0.25, -0.2) is 8.42 Å². The molecule has 1 aliphatic rings. The minimum absolute atomic E-state index is 0.0340. The van der Waals surface area contributed by atoms with Crippen LogP contribution in [0.1, 0.15) is 31.7 Å². The topological polar surface area (TPSA) is 63.2 Å². The van der Waals surface area contributed by atoms with Crippen molar-refractivity contribution in [3.63, 3.8) is 0 Å². The summed E-state index contributed by atoms with van der Waals surface area (Å²) in [5.74, 6) is -0.0130. The largest absolute Gasteiger partial charge is 0.326 e. The molecule has 4 nitrogen and oxygen atoms in total. The van der Waals surface area contributed by atoms with Gasteiger partial charge in [-0.2, -0.15) is 0 Å². The molecule has 0 aliphatic carbocycles. The van der Waals surface area contributed by atoms with E-state index in [2.05, 4.69) is 19.2 Å². The molecule has 1 amide bonds. The molecule has 1 atom stereocenters. The minimum atomic E-state index is -3.10. The number of sulfone groups is 1. The van der Waals surface area contributed by atoms with Crippen LogP contribution in [-0.2, 0) is 14.6 Å². The second kappa shape index (κ2) is 5.79. The van der Waals surface area contributed by atoms with E-state index in [1.54, 1.807) is 6.08 Å². The summed E-state index contributed by atoms with van der Waals surface area (Å²) in [6, 6.07) is 7.67. The molecule has 0 saturated carbocycles. The van der Waals surface area contributed by atoms with Crippen LogP contribution < -0.4 is 5.32 Å². The highest BCUT2D eigenvalue weighted by atomic mass is 32.2. The third kappa shape index (κ3) is 3.70. The molecule has 5 heteroatoms. The fourth-order valence-electron chi connectivity index (χ4n) is 2.32. The van der Waals surface area contributed by atoms with Crippen LogP contribution in [0.4, 0.5) is 5.69 Å². The molecule has 1 aliphatic heterocycles. The van der Waals surface area contributed by atoms with Crippen molar-refractivity contribution in [1.29, 1.82) is 0 Å². The Morgan fingerprint density at radius 3 is 2.65 bits per heavy atom. The van der Waals surface area contributed by atoms with E-state index in [0.29, 0.717) is 5.92 Å². The van der Waals surface area contributed by atoms with E-state index < -0.39 is 9.84 Å². The van der Waals surface area contributed by atoms with E-state index in [0.717, 1.165) is 11.3 Å². The van der Waals surface area contributed by atoms with Crippen LogP contribution in [0.2, 0.25) is 0 Å². The lowest BCUT2D eigenvalue weighted by atomic mass is 10.0. The fraction of sp³-hybridized carbons (Fsp3) is 0.400. The molecule has 0 saturated heterocycles. The van der Waals surface area contributed by atoms with Gasteiger partial charge in [-0.15, -0.1) is 0 Å². The number of rotatable bonds is 4. The summed E-state index contributed by atoms with van der Waals surface area (Å²) in [7, 11) is -3.10. The van der Waals surface area contributed by atoms with E-state index in [4.69, 9.17) is 0 Å². The van der Waals surface area contributed by atoms with E-state index in [1.165, 1.54) is 5.41 Å². The van der Waals surface area contributed by atoms with Crippen molar-refractivity contribution in [3.8, 4) is 0 Å². The summed E-state index contributed by atoms with van der Waals surface area (Å²) in [4.78, 5) is 12.0. The van der Waals surface area contributed by atoms with Crippen molar-refractivity contribution in [1.82, 2.24) is 0 Å². The van der Waals surface area contributed by atoms with Crippen LogP contribution in [0.3, 0.4) is 0 Å². The Morgan fingerprint density at radius 2 is 2.05 bits per heavy atom. The standard InChI is InChI=1S/C15H19NO3S/c1-11(2)13-5-3-4-6-14(13)16-15(17)9-12-7-8-20(18,19)10-12/h3-8,11-12H,9-10H2,1-2H3,(H,16,17). The number of hydrogen-bond acceptors (Lipinski definition) is 3. The summed E-state index contributed by atoms with van der Waals surface area (Å²) in [5.41, 5.74) is 1.88. The molecule has 0 fully saturated rings. The predicted molar refractivity (Wildman–Crippen MR) is 80.2 cm³/mol. The Morgan fingerprint density at radius 1 is 1.35 bits per heavy atom. The minimum Gasteiger partial charge on any atom is -0.326 e. The monoisotopic (exact) mass is 293 g/mol. The van der Waals surface area contributed by atoms with Crippen LogP contribution in [0, 0.1) is 5.92 Å². The Labute approximate surface area is 119 Å². The Balaban J connectivity index is 2.01. The summed E-state index contributed by atoms with van der Waals surface area (Å²) >= 11 is 0. The molecule has 1 aromatic rings. The SMILES string of the molecule is CC(C)c1ccccc1NC(=O)CC1C=CS(=O)(=O)C1. The zero-order valence-corrected chi connectivity index (χ0v) is 12.5. The molecule has 0 aromatic heterocycles. The maximum atomic E-state index is 12.0. The second-order valence-electron chi connectivity index (χ2n) is 5.41. The van der Waals surface area contributed by atoms with Crippen molar-refractivity contribution in [2.45, 2.75) is 26.2 Å². The van der Waals surface area contributed by atoms with Crippen molar-refractivity contribution < 1.29 is 13.2 Å². The van der Waals surface area contributed by atoms with Gasteiger partial charge in [0.2, 0.25) is 5.91 Å². The Kier molecular flexibility index (Phi) is 4.28. The average molecular weight is 293 g/mol. The molecule has 108 valence electrons.